The van der Waals surface area contributed by atoms with E-state index in [0.29, 0.717) is 31.1 Å². The molecule has 7 nitrogen and oxygen atoms in total. The van der Waals surface area contributed by atoms with Crippen molar-refractivity contribution < 1.29 is 19.0 Å². The van der Waals surface area contributed by atoms with Gasteiger partial charge in [-0.1, -0.05) is 43.3 Å². The molecule has 0 spiro atoms. The van der Waals surface area contributed by atoms with E-state index in [1.54, 1.807) is 0 Å². The number of hydrogen-bond donors (Lipinski definition) is 0. The van der Waals surface area contributed by atoms with Crippen molar-refractivity contribution in [3.63, 3.8) is 0 Å². The number of methoxy groups -OCH3 is 1. The zero-order chi connectivity index (χ0) is 23.0. The minimum Gasteiger partial charge on any atom is -0.439 e. The van der Waals surface area contributed by atoms with Crippen LogP contribution in [0, 0.1) is 0 Å². The number of hydrogen-bond acceptors (Lipinski definition) is 5. The summed E-state index contributed by atoms with van der Waals surface area (Å²) >= 11 is 0. The number of para-hydroxylation sites is 2. The van der Waals surface area contributed by atoms with Crippen molar-refractivity contribution in [2.24, 2.45) is 0 Å². The van der Waals surface area contributed by atoms with E-state index >= 15 is 0 Å². The van der Waals surface area contributed by atoms with E-state index in [4.69, 9.17) is 19.3 Å². The molecule has 4 rings (SSSR count). The molecule has 1 saturated heterocycles. The first-order valence-electron chi connectivity index (χ1n) is 11.5. The molecule has 33 heavy (non-hydrogen) atoms. The van der Waals surface area contributed by atoms with E-state index in [9.17, 15) is 4.79 Å². The number of carbonyl (C=O) groups excluding carboxylic acids is 1. The normalized spacial score (nSPS) is 15.5. The van der Waals surface area contributed by atoms with Gasteiger partial charge >= 0.3 is 0 Å². The van der Waals surface area contributed by atoms with E-state index in [2.05, 4.69) is 6.92 Å². The van der Waals surface area contributed by atoms with Gasteiger partial charge in [-0.15, -0.1) is 0 Å². The average Bonchev–Trinajstić information content (AvgIpc) is 3.48. The van der Waals surface area contributed by atoms with Gasteiger partial charge in [0, 0.05) is 20.3 Å². The number of amides is 1. The Kier molecular flexibility index (Phi) is 7.75. The molecule has 1 atom stereocenters. The zero-order valence-electron chi connectivity index (χ0n) is 19.3. The predicted molar refractivity (Wildman–Crippen MR) is 126 cm³/mol. The van der Waals surface area contributed by atoms with Gasteiger partial charge in [0.05, 0.1) is 29.6 Å². The van der Waals surface area contributed by atoms with Gasteiger partial charge in [0.25, 0.3) is 0 Å². The smallest absolute Gasteiger partial charge is 0.248 e. The van der Waals surface area contributed by atoms with Gasteiger partial charge in [-0.2, -0.15) is 5.10 Å². The topological polar surface area (TPSA) is 65.8 Å². The molecule has 1 aromatic heterocycles. The van der Waals surface area contributed by atoms with Crippen molar-refractivity contribution in [2.75, 3.05) is 26.9 Å². The summed E-state index contributed by atoms with van der Waals surface area (Å²) in [6, 6.07) is 19.6. The molecule has 2 aromatic carbocycles. The van der Waals surface area contributed by atoms with Crippen molar-refractivity contribution in [1.82, 2.24) is 14.7 Å². The molecule has 7 heteroatoms. The third-order valence-corrected chi connectivity index (χ3v) is 5.73. The Morgan fingerprint density at radius 2 is 1.88 bits per heavy atom. The lowest BCUT2D eigenvalue weighted by Gasteiger charge is -2.26. The fourth-order valence-electron chi connectivity index (χ4n) is 4.06. The molecular formula is C26H31N3O4. The summed E-state index contributed by atoms with van der Waals surface area (Å²) in [5.41, 5.74) is 2.69. The van der Waals surface area contributed by atoms with Crippen LogP contribution in [0.1, 0.15) is 31.0 Å². The van der Waals surface area contributed by atoms with Crippen molar-refractivity contribution in [3.8, 4) is 17.3 Å². The molecule has 1 amide bonds. The average molecular weight is 450 g/mol. The van der Waals surface area contributed by atoms with Crippen LogP contribution in [-0.4, -0.2) is 53.6 Å². The maximum Gasteiger partial charge on any atom is 0.248 e. The van der Waals surface area contributed by atoms with Crippen LogP contribution in [0.3, 0.4) is 0 Å². The molecule has 0 bridgehead atoms. The number of benzene rings is 2. The van der Waals surface area contributed by atoms with Gasteiger partial charge in [-0.3, -0.25) is 4.79 Å². The Morgan fingerprint density at radius 1 is 1.15 bits per heavy atom. The van der Waals surface area contributed by atoms with Gasteiger partial charge < -0.3 is 19.1 Å². The second kappa shape index (κ2) is 11.1. The molecular weight excluding hydrogens is 418 g/mol. The number of ether oxygens (including phenoxy) is 3. The molecule has 1 fully saturated rings. The van der Waals surface area contributed by atoms with Crippen LogP contribution in [-0.2, 0) is 27.2 Å². The van der Waals surface area contributed by atoms with Crippen LogP contribution < -0.4 is 4.74 Å². The van der Waals surface area contributed by atoms with Crippen LogP contribution >= 0.6 is 0 Å². The summed E-state index contributed by atoms with van der Waals surface area (Å²) < 4.78 is 19.2. The Bertz CT molecular complexity index is 1030. The van der Waals surface area contributed by atoms with Crippen molar-refractivity contribution in [1.29, 1.82) is 0 Å². The molecule has 174 valence electrons. The van der Waals surface area contributed by atoms with Gasteiger partial charge in [0.1, 0.15) is 12.4 Å². The first-order valence-corrected chi connectivity index (χ1v) is 11.5. The summed E-state index contributed by atoms with van der Waals surface area (Å²) in [6.45, 7) is 3.73. The molecule has 1 aliphatic heterocycles. The van der Waals surface area contributed by atoms with Gasteiger partial charge in [0.15, 0.2) is 0 Å². The predicted octanol–water partition coefficient (Wildman–Crippen LogP) is 4.38. The molecule has 2 heterocycles. The fraction of sp³-hybridized carbons (Fsp3) is 0.385. The molecule has 0 aliphatic carbocycles. The summed E-state index contributed by atoms with van der Waals surface area (Å²) in [7, 11) is 1.54. The minimum atomic E-state index is -0.0758. The lowest BCUT2D eigenvalue weighted by atomic mass is 10.1. The summed E-state index contributed by atoms with van der Waals surface area (Å²) in [6.07, 6.45) is 2.73. The van der Waals surface area contributed by atoms with E-state index < -0.39 is 0 Å². The Morgan fingerprint density at radius 3 is 2.52 bits per heavy atom. The van der Waals surface area contributed by atoms with Crippen molar-refractivity contribution in [2.45, 2.75) is 38.8 Å². The zero-order valence-corrected chi connectivity index (χ0v) is 19.3. The standard InChI is InChI=1S/C26H31N3O4/c1-3-24-23(18-28(25(30)19-31-2)17-22-15-10-16-32-22)26(33-21-13-8-5-9-14-21)29(27-24)20-11-6-4-7-12-20/h4-9,11-14,22H,3,10,15-19H2,1-2H3/t22-/m0/s1. The monoisotopic (exact) mass is 449 g/mol. The first kappa shape index (κ1) is 23.0. The molecule has 0 unspecified atom stereocenters. The van der Waals surface area contributed by atoms with Crippen molar-refractivity contribution in [3.05, 3.63) is 71.9 Å². The largest absolute Gasteiger partial charge is 0.439 e. The molecule has 0 N–H and O–H groups in total. The summed E-state index contributed by atoms with van der Waals surface area (Å²) in [5.74, 6) is 1.26. The second-order valence-electron chi connectivity index (χ2n) is 8.09. The second-order valence-corrected chi connectivity index (χ2v) is 8.09. The summed E-state index contributed by atoms with van der Waals surface area (Å²) in [4.78, 5) is 14.8. The Hall–Kier alpha value is -3.16. The summed E-state index contributed by atoms with van der Waals surface area (Å²) in [5, 5.41) is 4.88. The Balaban J connectivity index is 1.74. The maximum absolute atomic E-state index is 13.0. The van der Waals surface area contributed by atoms with E-state index in [1.807, 2.05) is 70.2 Å². The van der Waals surface area contributed by atoms with Crippen LogP contribution in [0.25, 0.3) is 5.69 Å². The van der Waals surface area contributed by atoms with E-state index in [0.717, 1.165) is 36.4 Å². The highest BCUT2D eigenvalue weighted by Crippen LogP contribution is 2.32. The molecule has 0 radical (unpaired) electrons. The van der Waals surface area contributed by atoms with Crippen molar-refractivity contribution >= 4 is 5.91 Å². The van der Waals surface area contributed by atoms with E-state index in [1.165, 1.54) is 7.11 Å². The minimum absolute atomic E-state index is 0.0237. The molecule has 3 aromatic rings. The van der Waals surface area contributed by atoms with Crippen LogP contribution in [0.15, 0.2) is 60.7 Å². The third kappa shape index (κ3) is 5.61. The maximum atomic E-state index is 13.0. The van der Waals surface area contributed by atoms with Crippen LogP contribution in [0.4, 0.5) is 0 Å². The molecule has 0 saturated carbocycles. The number of aromatic nitrogens is 2. The van der Waals surface area contributed by atoms with Crippen LogP contribution in [0.5, 0.6) is 11.6 Å². The number of nitrogens with zero attached hydrogens (tertiary/aromatic N) is 3. The SMILES string of the molecule is CCc1nn(-c2ccccc2)c(Oc2ccccc2)c1CN(C[C@@H]1CCCO1)C(=O)COC. The molecule has 1 aliphatic rings. The van der Waals surface area contributed by atoms with Gasteiger partial charge in [-0.25, -0.2) is 4.68 Å². The quantitative estimate of drug-likeness (QED) is 0.460. The number of aryl methyl sites for hydroxylation is 1. The van der Waals surface area contributed by atoms with Gasteiger partial charge in [0.2, 0.25) is 11.8 Å². The highest BCUT2D eigenvalue weighted by Gasteiger charge is 2.27. The van der Waals surface area contributed by atoms with Crippen LogP contribution in [0.2, 0.25) is 0 Å². The number of carbonyl (C=O) groups is 1. The fourth-order valence-corrected chi connectivity index (χ4v) is 4.06. The first-order chi connectivity index (χ1) is 16.2. The highest BCUT2D eigenvalue weighted by molar-refractivity contribution is 5.77. The lowest BCUT2D eigenvalue weighted by molar-refractivity contribution is -0.137. The lowest BCUT2D eigenvalue weighted by Crippen LogP contribution is -2.39. The Labute approximate surface area is 194 Å². The van der Waals surface area contributed by atoms with E-state index in [-0.39, 0.29) is 18.6 Å². The van der Waals surface area contributed by atoms with Gasteiger partial charge in [-0.05, 0) is 43.5 Å². The third-order valence-electron chi connectivity index (χ3n) is 5.73. The number of rotatable bonds is 10. The highest BCUT2D eigenvalue weighted by atomic mass is 16.5.